The average molecular weight is 471 g/mol. The molecule has 0 saturated carbocycles. The van der Waals surface area contributed by atoms with Gasteiger partial charge in [0, 0.05) is 18.7 Å². The van der Waals surface area contributed by atoms with Crippen molar-refractivity contribution in [2.24, 2.45) is 5.92 Å². The van der Waals surface area contributed by atoms with Crippen LogP contribution in [0.1, 0.15) is 64.8 Å². The average Bonchev–Trinajstić information content (AvgIpc) is 3.20. The van der Waals surface area contributed by atoms with Crippen LogP contribution < -0.4 is 4.74 Å². The minimum atomic E-state index is -0.505. The minimum Gasteiger partial charge on any atom is -0.480 e. The molecule has 2 heterocycles. The summed E-state index contributed by atoms with van der Waals surface area (Å²) in [6.07, 6.45) is 2.82. The summed E-state index contributed by atoms with van der Waals surface area (Å²) in [6, 6.07) is 12.3. The van der Waals surface area contributed by atoms with Gasteiger partial charge in [-0.05, 0) is 61.8 Å². The number of halogens is 1. The zero-order valence-electron chi connectivity index (χ0n) is 20.7. The van der Waals surface area contributed by atoms with Crippen molar-refractivity contribution >= 4 is 23.3 Å². The predicted octanol–water partition coefficient (Wildman–Crippen LogP) is 6.73. The molecule has 1 aromatic heterocycles. The number of nitrogens with zero attached hydrogens (tertiary/aromatic N) is 2. The summed E-state index contributed by atoms with van der Waals surface area (Å²) < 4.78 is 10.9. The van der Waals surface area contributed by atoms with Gasteiger partial charge < -0.3 is 14.4 Å². The van der Waals surface area contributed by atoms with Gasteiger partial charge >= 0.3 is 6.09 Å². The number of carbonyl (C=O) groups excluding carboxylic acids is 1. The molecule has 33 heavy (non-hydrogen) atoms. The van der Waals surface area contributed by atoms with Crippen LogP contribution in [-0.2, 0) is 10.2 Å². The monoisotopic (exact) mass is 470 g/mol. The van der Waals surface area contributed by atoms with Gasteiger partial charge in [0.05, 0.1) is 12.8 Å². The molecule has 6 heteroatoms. The second kappa shape index (κ2) is 9.76. The summed E-state index contributed by atoms with van der Waals surface area (Å²) in [5.41, 5.74) is 3.69. The minimum absolute atomic E-state index is 0.0729. The Morgan fingerprint density at radius 3 is 2.33 bits per heavy atom. The third-order valence-electron chi connectivity index (χ3n) is 5.62. The van der Waals surface area contributed by atoms with Crippen LogP contribution in [0.2, 0.25) is 5.02 Å². The van der Waals surface area contributed by atoms with Crippen LogP contribution in [0.3, 0.4) is 0 Å². The van der Waals surface area contributed by atoms with Gasteiger partial charge in [0.1, 0.15) is 10.6 Å². The maximum atomic E-state index is 12.5. The van der Waals surface area contributed by atoms with E-state index in [1.54, 1.807) is 12.0 Å². The molecular weight excluding hydrogens is 436 g/mol. The smallest absolute Gasteiger partial charge is 0.410 e. The SMILES string of the molecule is COc1nc(C(=C[C@H]2CCN(C(=O)OC(C)(C)C)C2)c2ccc(C(C)(C)C)cc2)ccc1Cl. The molecule has 0 radical (unpaired) electrons. The number of ether oxygens (including phenoxy) is 2. The van der Waals surface area contributed by atoms with E-state index < -0.39 is 5.60 Å². The van der Waals surface area contributed by atoms with Crippen LogP contribution in [-0.4, -0.2) is 41.8 Å². The molecule has 1 aliphatic rings. The summed E-state index contributed by atoms with van der Waals surface area (Å²) >= 11 is 6.23. The Hall–Kier alpha value is -2.53. The molecule has 0 spiro atoms. The molecule has 0 unspecified atom stereocenters. The summed E-state index contributed by atoms with van der Waals surface area (Å²) in [6.45, 7) is 13.6. The van der Waals surface area contributed by atoms with Gasteiger partial charge in [0.2, 0.25) is 5.88 Å². The predicted molar refractivity (Wildman–Crippen MR) is 134 cm³/mol. The summed E-state index contributed by atoms with van der Waals surface area (Å²) in [5.74, 6) is 0.589. The highest BCUT2D eigenvalue weighted by Crippen LogP contribution is 2.32. The molecule has 5 nitrogen and oxygen atoms in total. The van der Waals surface area contributed by atoms with E-state index in [1.165, 1.54) is 5.56 Å². The first-order valence-electron chi connectivity index (χ1n) is 11.4. The Labute approximate surface area is 202 Å². The van der Waals surface area contributed by atoms with E-state index in [1.807, 2.05) is 32.9 Å². The Morgan fingerprint density at radius 2 is 1.76 bits per heavy atom. The molecule has 0 aliphatic carbocycles. The van der Waals surface area contributed by atoms with E-state index in [2.05, 4.69) is 56.1 Å². The number of rotatable bonds is 4. The lowest BCUT2D eigenvalue weighted by Gasteiger charge is -2.24. The fourth-order valence-electron chi connectivity index (χ4n) is 3.85. The fraction of sp³-hybridized carbons (Fsp3) is 0.481. The number of hydrogen-bond acceptors (Lipinski definition) is 4. The zero-order chi connectivity index (χ0) is 24.4. The first-order valence-corrected chi connectivity index (χ1v) is 11.8. The van der Waals surface area contributed by atoms with Crippen LogP contribution in [0.25, 0.3) is 5.57 Å². The van der Waals surface area contributed by atoms with E-state index in [4.69, 9.17) is 21.1 Å². The van der Waals surface area contributed by atoms with Crippen molar-refractivity contribution < 1.29 is 14.3 Å². The maximum Gasteiger partial charge on any atom is 0.410 e. The number of benzene rings is 1. The van der Waals surface area contributed by atoms with Crippen molar-refractivity contribution in [2.75, 3.05) is 20.2 Å². The molecule has 2 aromatic rings. The number of hydrogen-bond donors (Lipinski definition) is 0. The summed E-state index contributed by atoms with van der Waals surface area (Å²) in [7, 11) is 1.56. The number of carbonyl (C=O) groups is 1. The maximum absolute atomic E-state index is 12.5. The molecule has 1 fully saturated rings. The van der Waals surface area contributed by atoms with Crippen molar-refractivity contribution in [3.8, 4) is 5.88 Å². The number of amides is 1. The molecular formula is C27H35ClN2O3. The van der Waals surface area contributed by atoms with E-state index in [-0.39, 0.29) is 17.4 Å². The normalized spacial score (nSPS) is 17.3. The Kier molecular flexibility index (Phi) is 7.42. The van der Waals surface area contributed by atoms with Crippen molar-refractivity contribution in [2.45, 2.75) is 59.0 Å². The molecule has 0 N–H and O–H groups in total. The Balaban J connectivity index is 1.94. The van der Waals surface area contributed by atoms with E-state index in [9.17, 15) is 4.79 Å². The van der Waals surface area contributed by atoms with Gasteiger partial charge in [-0.15, -0.1) is 0 Å². The van der Waals surface area contributed by atoms with Crippen molar-refractivity contribution in [3.63, 3.8) is 0 Å². The van der Waals surface area contributed by atoms with Gasteiger partial charge in [0.15, 0.2) is 0 Å². The molecule has 178 valence electrons. The van der Waals surface area contributed by atoms with Crippen LogP contribution in [0.4, 0.5) is 4.79 Å². The molecule has 1 saturated heterocycles. The third-order valence-corrected chi connectivity index (χ3v) is 5.91. The van der Waals surface area contributed by atoms with Crippen molar-refractivity contribution in [3.05, 3.63) is 64.3 Å². The third kappa shape index (κ3) is 6.50. The van der Waals surface area contributed by atoms with E-state index in [0.29, 0.717) is 24.0 Å². The van der Waals surface area contributed by atoms with Gasteiger partial charge in [-0.3, -0.25) is 0 Å². The van der Waals surface area contributed by atoms with Crippen LogP contribution in [0.5, 0.6) is 5.88 Å². The second-order valence-corrected chi connectivity index (χ2v) is 11.0. The molecule has 1 aliphatic heterocycles. The van der Waals surface area contributed by atoms with Crippen LogP contribution >= 0.6 is 11.6 Å². The highest BCUT2D eigenvalue weighted by molar-refractivity contribution is 6.31. The molecule has 0 bridgehead atoms. The number of methoxy groups -OCH3 is 1. The van der Waals surface area contributed by atoms with Gasteiger partial charge in [-0.1, -0.05) is 62.7 Å². The zero-order valence-corrected chi connectivity index (χ0v) is 21.5. The fourth-order valence-corrected chi connectivity index (χ4v) is 4.03. The standard InChI is InChI=1S/C27H35ClN2O3/c1-26(2,3)20-10-8-19(9-11-20)21(23-13-12-22(28)24(29-23)32-7)16-18-14-15-30(17-18)25(31)33-27(4,5)6/h8-13,16,18H,14-15,17H2,1-7H3/t18-/m1/s1. The van der Waals surface area contributed by atoms with Gasteiger partial charge in [-0.2, -0.15) is 0 Å². The van der Waals surface area contributed by atoms with E-state index in [0.717, 1.165) is 23.3 Å². The molecule has 1 atom stereocenters. The first kappa shape index (κ1) is 25.1. The molecule has 1 amide bonds. The van der Waals surface area contributed by atoms with Crippen LogP contribution in [0.15, 0.2) is 42.5 Å². The Bertz CT molecular complexity index is 1020. The van der Waals surface area contributed by atoms with Gasteiger partial charge in [-0.25, -0.2) is 9.78 Å². The van der Waals surface area contributed by atoms with E-state index >= 15 is 0 Å². The number of pyridine rings is 1. The molecule has 3 rings (SSSR count). The van der Waals surface area contributed by atoms with Gasteiger partial charge in [0.25, 0.3) is 0 Å². The highest BCUT2D eigenvalue weighted by Gasteiger charge is 2.29. The number of aromatic nitrogens is 1. The highest BCUT2D eigenvalue weighted by atomic mass is 35.5. The lowest BCUT2D eigenvalue weighted by Crippen LogP contribution is -2.35. The quantitative estimate of drug-likeness (QED) is 0.497. The molecule has 1 aromatic carbocycles. The first-order chi connectivity index (χ1) is 15.4. The lowest BCUT2D eigenvalue weighted by molar-refractivity contribution is 0.0291. The van der Waals surface area contributed by atoms with Crippen molar-refractivity contribution in [1.82, 2.24) is 9.88 Å². The second-order valence-electron chi connectivity index (χ2n) is 10.6. The largest absolute Gasteiger partial charge is 0.480 e. The van der Waals surface area contributed by atoms with Crippen LogP contribution in [0, 0.1) is 5.92 Å². The van der Waals surface area contributed by atoms with Crippen molar-refractivity contribution in [1.29, 1.82) is 0 Å². The number of likely N-dealkylation sites (tertiary alicyclic amines) is 1. The summed E-state index contributed by atoms with van der Waals surface area (Å²) in [5, 5.41) is 0.473. The summed E-state index contributed by atoms with van der Waals surface area (Å²) in [4.78, 5) is 19.0. The lowest BCUT2D eigenvalue weighted by atomic mass is 9.85. The topological polar surface area (TPSA) is 51.7 Å². The Morgan fingerprint density at radius 1 is 1.09 bits per heavy atom.